The number of esters is 4. The Morgan fingerprint density at radius 1 is 0.973 bits per heavy atom. The maximum absolute atomic E-state index is 12.8. The summed E-state index contributed by atoms with van der Waals surface area (Å²) in [6, 6.07) is 0. The van der Waals surface area contributed by atoms with Crippen LogP contribution in [0.15, 0.2) is 11.6 Å². The van der Waals surface area contributed by atoms with Crippen molar-refractivity contribution in [2.24, 2.45) is 22.7 Å². The van der Waals surface area contributed by atoms with Crippen molar-refractivity contribution in [2.45, 2.75) is 111 Å². The highest BCUT2D eigenvalue weighted by Crippen LogP contribution is 2.63. The maximum Gasteiger partial charge on any atom is 0.312 e. The van der Waals surface area contributed by atoms with E-state index in [2.05, 4.69) is 0 Å². The fraction of sp³-hybridized carbons (Fsp3) is 0.778. The molecule has 208 valence electrons. The zero-order valence-corrected chi connectivity index (χ0v) is 22.9. The van der Waals surface area contributed by atoms with Gasteiger partial charge in [0.25, 0.3) is 0 Å². The minimum atomic E-state index is -2.04. The summed E-state index contributed by atoms with van der Waals surface area (Å²) in [6.07, 6.45) is -3.00. The summed E-state index contributed by atoms with van der Waals surface area (Å²) >= 11 is 0. The summed E-state index contributed by atoms with van der Waals surface area (Å²) in [7, 11) is 0. The van der Waals surface area contributed by atoms with Gasteiger partial charge in [0.05, 0.1) is 17.4 Å². The normalized spacial score (nSPS) is 45.3. The van der Waals surface area contributed by atoms with Crippen molar-refractivity contribution in [1.82, 2.24) is 0 Å². The van der Waals surface area contributed by atoms with E-state index in [-0.39, 0.29) is 6.42 Å². The molecule has 3 rings (SSSR count). The summed E-state index contributed by atoms with van der Waals surface area (Å²) in [6.45, 7) is 12.3. The second kappa shape index (κ2) is 10.0. The molecule has 0 unspecified atom stereocenters. The minimum absolute atomic E-state index is 0.0407. The molecule has 10 nitrogen and oxygen atoms in total. The van der Waals surface area contributed by atoms with Gasteiger partial charge in [0.15, 0.2) is 11.7 Å². The summed E-state index contributed by atoms with van der Waals surface area (Å²) in [5.41, 5.74) is -3.93. The Morgan fingerprint density at radius 3 is 2.05 bits per heavy atom. The molecule has 2 fully saturated rings. The van der Waals surface area contributed by atoms with E-state index in [4.69, 9.17) is 18.9 Å². The third kappa shape index (κ3) is 4.56. The number of rotatable bonds is 3. The predicted molar refractivity (Wildman–Crippen MR) is 130 cm³/mol. The number of aliphatic hydroxyl groups excluding tert-OH is 1. The minimum Gasteiger partial charge on any atom is -0.462 e. The van der Waals surface area contributed by atoms with Crippen LogP contribution < -0.4 is 0 Å². The maximum atomic E-state index is 12.8. The molecule has 3 aliphatic rings. The summed E-state index contributed by atoms with van der Waals surface area (Å²) in [5.74, 6) is -4.29. The first-order chi connectivity index (χ1) is 17.0. The lowest BCUT2D eigenvalue weighted by atomic mass is 9.44. The third-order valence-electron chi connectivity index (χ3n) is 9.32. The van der Waals surface area contributed by atoms with Gasteiger partial charge in [-0.15, -0.1) is 0 Å². The zero-order valence-electron chi connectivity index (χ0n) is 22.9. The predicted octanol–water partition coefficient (Wildman–Crippen LogP) is 2.23. The Hall–Kier alpha value is -2.46. The molecule has 0 spiro atoms. The summed E-state index contributed by atoms with van der Waals surface area (Å²) in [4.78, 5) is 50.0. The van der Waals surface area contributed by atoms with Crippen LogP contribution in [0.1, 0.15) is 74.7 Å². The monoisotopic (exact) mass is 524 g/mol. The molecule has 2 aliphatic carbocycles. The van der Waals surface area contributed by atoms with E-state index in [1.54, 1.807) is 26.8 Å². The Kier molecular flexibility index (Phi) is 7.88. The second-order valence-corrected chi connectivity index (χ2v) is 11.4. The van der Waals surface area contributed by atoms with Crippen LogP contribution in [-0.4, -0.2) is 70.2 Å². The Morgan fingerprint density at radius 2 is 1.51 bits per heavy atom. The van der Waals surface area contributed by atoms with Crippen LogP contribution in [-0.2, 0) is 38.1 Å². The van der Waals surface area contributed by atoms with E-state index in [1.807, 2.05) is 6.92 Å². The first kappa shape index (κ1) is 29.1. The van der Waals surface area contributed by atoms with Gasteiger partial charge >= 0.3 is 23.9 Å². The van der Waals surface area contributed by atoms with Gasteiger partial charge in [-0.05, 0) is 38.7 Å². The first-order valence-electron chi connectivity index (χ1n) is 12.8. The molecule has 1 saturated heterocycles. The Labute approximate surface area is 217 Å². The van der Waals surface area contributed by atoms with Gasteiger partial charge in [0.1, 0.15) is 18.3 Å². The van der Waals surface area contributed by atoms with Crippen LogP contribution in [0.3, 0.4) is 0 Å². The van der Waals surface area contributed by atoms with Crippen molar-refractivity contribution < 1.29 is 48.3 Å². The van der Waals surface area contributed by atoms with Crippen molar-refractivity contribution in [3.63, 3.8) is 0 Å². The third-order valence-corrected chi connectivity index (χ3v) is 9.32. The molecular weight excluding hydrogens is 484 g/mol. The fourth-order valence-corrected chi connectivity index (χ4v) is 6.90. The van der Waals surface area contributed by atoms with Crippen molar-refractivity contribution >= 4 is 23.9 Å². The molecule has 10 atom stereocenters. The first-order valence-corrected chi connectivity index (χ1v) is 12.8. The average molecular weight is 525 g/mol. The number of hydrogen-bond donors (Lipinski definition) is 2. The van der Waals surface area contributed by atoms with Crippen LogP contribution in [0.5, 0.6) is 0 Å². The smallest absolute Gasteiger partial charge is 0.312 e. The quantitative estimate of drug-likeness (QED) is 0.320. The molecule has 0 aromatic rings. The lowest BCUT2D eigenvalue weighted by Gasteiger charge is -2.64. The molecule has 0 radical (unpaired) electrons. The van der Waals surface area contributed by atoms with Crippen molar-refractivity contribution in [3.8, 4) is 0 Å². The molecule has 1 aliphatic heterocycles. The van der Waals surface area contributed by atoms with E-state index in [9.17, 15) is 29.4 Å². The van der Waals surface area contributed by atoms with Gasteiger partial charge in [-0.3, -0.25) is 19.2 Å². The molecule has 37 heavy (non-hydrogen) atoms. The molecule has 10 heteroatoms. The van der Waals surface area contributed by atoms with Crippen LogP contribution in [0.2, 0.25) is 0 Å². The lowest BCUT2D eigenvalue weighted by Crippen LogP contribution is -2.73. The van der Waals surface area contributed by atoms with Crippen LogP contribution in [0, 0.1) is 22.7 Å². The SMILES string of the molecule is CC(=O)O[C@H]1CC/C(C)=C\[C@@H]2OC(=O)[C@H](C)[C@@]2(O)[C@H](OC(C)=O)[C@@]2(C)[C@@H](C)[C@@H](O)C[C@H](OC(C)=O)[C@]12C. The molecule has 2 N–H and O–H groups in total. The van der Waals surface area contributed by atoms with Gasteiger partial charge in [-0.25, -0.2) is 0 Å². The number of fused-ring (bicyclic) bond motifs is 2. The highest BCUT2D eigenvalue weighted by molar-refractivity contribution is 5.78. The van der Waals surface area contributed by atoms with E-state index in [0.717, 1.165) is 5.57 Å². The molecule has 0 aromatic carbocycles. The Balaban J connectivity index is 2.44. The van der Waals surface area contributed by atoms with Gasteiger partial charge in [-0.1, -0.05) is 26.3 Å². The highest BCUT2D eigenvalue weighted by atomic mass is 16.6. The summed E-state index contributed by atoms with van der Waals surface area (Å²) < 4.78 is 23.2. The number of allylic oxidation sites excluding steroid dienone is 1. The van der Waals surface area contributed by atoms with Gasteiger partial charge < -0.3 is 29.2 Å². The fourth-order valence-electron chi connectivity index (χ4n) is 6.90. The lowest BCUT2D eigenvalue weighted by molar-refractivity contribution is -0.288. The zero-order chi connectivity index (χ0) is 28.1. The molecular formula is C27H40O10. The average Bonchev–Trinajstić information content (AvgIpc) is 2.99. The molecule has 1 saturated carbocycles. The van der Waals surface area contributed by atoms with Crippen LogP contribution in [0.25, 0.3) is 0 Å². The Bertz CT molecular complexity index is 990. The van der Waals surface area contributed by atoms with Gasteiger partial charge in [0.2, 0.25) is 0 Å². The highest BCUT2D eigenvalue weighted by Gasteiger charge is 2.74. The standard InChI is InChI=1S/C27H40O10/c1-13-9-10-20(34-16(4)28)26(8)21(35-17(5)29)12-19(31)14(2)25(26,7)24(36-18(6)30)27(33)15(3)23(32)37-22(27)11-13/h11,14-15,19-22,24,31,33H,9-10,12H2,1-8H3/b13-11-/t14-,15-,19-,20-,21-,22-,24+,25+,26-,27-/m0/s1. The van der Waals surface area contributed by atoms with E-state index in [0.29, 0.717) is 12.8 Å². The number of aliphatic hydroxyl groups is 2. The van der Waals surface area contributed by atoms with Crippen LogP contribution in [0.4, 0.5) is 0 Å². The molecule has 0 aromatic heterocycles. The summed E-state index contributed by atoms with van der Waals surface area (Å²) in [5, 5.41) is 23.6. The number of ether oxygens (including phenoxy) is 4. The number of carbonyl (C=O) groups is 4. The number of carbonyl (C=O) groups excluding carboxylic acids is 4. The number of hydrogen-bond acceptors (Lipinski definition) is 10. The van der Waals surface area contributed by atoms with E-state index in [1.165, 1.54) is 27.7 Å². The van der Waals surface area contributed by atoms with Gasteiger partial charge in [0, 0.05) is 32.6 Å². The molecule has 1 heterocycles. The van der Waals surface area contributed by atoms with Crippen LogP contribution >= 0.6 is 0 Å². The van der Waals surface area contributed by atoms with Gasteiger partial charge in [-0.2, -0.15) is 0 Å². The topological polar surface area (TPSA) is 146 Å². The molecule has 0 amide bonds. The largest absolute Gasteiger partial charge is 0.462 e. The second-order valence-electron chi connectivity index (χ2n) is 11.4. The van der Waals surface area contributed by atoms with Crippen molar-refractivity contribution in [1.29, 1.82) is 0 Å². The van der Waals surface area contributed by atoms with Crippen molar-refractivity contribution in [3.05, 3.63) is 11.6 Å². The van der Waals surface area contributed by atoms with E-state index >= 15 is 0 Å². The van der Waals surface area contributed by atoms with Crippen molar-refractivity contribution in [2.75, 3.05) is 0 Å². The molecule has 0 bridgehead atoms. The van der Waals surface area contributed by atoms with E-state index < -0.39 is 82.7 Å².